The van der Waals surface area contributed by atoms with E-state index in [2.05, 4.69) is 4.98 Å². The second kappa shape index (κ2) is 6.90. The minimum absolute atomic E-state index is 0.126. The topological polar surface area (TPSA) is 25.4 Å². The highest BCUT2D eigenvalue weighted by atomic mass is 19.2. The van der Waals surface area contributed by atoms with Gasteiger partial charge < -0.3 is 9.64 Å². The van der Waals surface area contributed by atoms with Gasteiger partial charge in [0.25, 0.3) is 11.9 Å². The Morgan fingerprint density at radius 1 is 1.00 bits per heavy atom. The van der Waals surface area contributed by atoms with Gasteiger partial charge in [0.2, 0.25) is 11.6 Å². The Labute approximate surface area is 143 Å². The molecule has 2 heterocycles. The van der Waals surface area contributed by atoms with Crippen LogP contribution in [0.2, 0.25) is 0 Å². The lowest BCUT2D eigenvalue weighted by atomic mass is 10.1. The number of rotatable bonds is 3. The van der Waals surface area contributed by atoms with E-state index in [-0.39, 0.29) is 19.2 Å². The summed E-state index contributed by atoms with van der Waals surface area (Å²) in [5, 5.41) is 0. The smallest absolute Gasteiger partial charge is 0.253 e. The molecule has 25 heavy (non-hydrogen) atoms. The average Bonchev–Trinajstić information content (AvgIpc) is 2.58. The molecular weight excluding hydrogens is 336 g/mol. The number of piperidine rings is 1. The van der Waals surface area contributed by atoms with Gasteiger partial charge in [-0.25, -0.2) is 0 Å². The van der Waals surface area contributed by atoms with Gasteiger partial charge in [-0.2, -0.15) is 22.5 Å². The monoisotopic (exact) mass is 354 g/mol. The van der Waals surface area contributed by atoms with Crippen LogP contribution in [-0.2, 0) is 0 Å². The molecule has 1 fully saturated rings. The SMILES string of the molecule is Cc1ccc(C)c(OC2CCN(c3c(F)c(F)nc(F)c3F)CC2)c1. The normalized spacial score (nSPS) is 15.5. The second-order valence-corrected chi connectivity index (χ2v) is 6.24. The van der Waals surface area contributed by atoms with Gasteiger partial charge in [-0.1, -0.05) is 12.1 Å². The zero-order chi connectivity index (χ0) is 18.1. The summed E-state index contributed by atoms with van der Waals surface area (Å²) in [6.07, 6.45) is 0.842. The van der Waals surface area contributed by atoms with Gasteiger partial charge in [-0.15, -0.1) is 0 Å². The van der Waals surface area contributed by atoms with Crippen LogP contribution in [0.15, 0.2) is 18.2 Å². The molecule has 1 aliphatic rings. The third-order valence-corrected chi connectivity index (χ3v) is 4.37. The largest absolute Gasteiger partial charge is 0.490 e. The summed E-state index contributed by atoms with van der Waals surface area (Å²) < 4.78 is 60.2. The van der Waals surface area contributed by atoms with E-state index in [1.54, 1.807) is 0 Å². The fraction of sp³-hybridized carbons (Fsp3) is 0.389. The van der Waals surface area contributed by atoms with E-state index in [0.29, 0.717) is 12.8 Å². The minimum Gasteiger partial charge on any atom is -0.490 e. The van der Waals surface area contributed by atoms with Gasteiger partial charge in [0.05, 0.1) is 0 Å². The lowest BCUT2D eigenvalue weighted by molar-refractivity contribution is 0.169. The number of nitrogens with zero attached hydrogens (tertiary/aromatic N) is 2. The van der Waals surface area contributed by atoms with Crippen molar-refractivity contribution in [2.45, 2.75) is 32.8 Å². The maximum atomic E-state index is 13.9. The first-order chi connectivity index (χ1) is 11.9. The van der Waals surface area contributed by atoms with Crippen molar-refractivity contribution >= 4 is 5.69 Å². The van der Waals surface area contributed by atoms with E-state index >= 15 is 0 Å². The van der Waals surface area contributed by atoms with E-state index in [9.17, 15) is 17.6 Å². The van der Waals surface area contributed by atoms with E-state index < -0.39 is 29.2 Å². The first-order valence-electron chi connectivity index (χ1n) is 8.05. The Kier molecular flexibility index (Phi) is 4.83. The Hall–Kier alpha value is -2.31. The Morgan fingerprint density at radius 2 is 1.60 bits per heavy atom. The number of anilines is 1. The third kappa shape index (κ3) is 3.55. The molecule has 3 rings (SSSR count). The fourth-order valence-electron chi connectivity index (χ4n) is 2.96. The maximum absolute atomic E-state index is 13.9. The van der Waals surface area contributed by atoms with Crippen molar-refractivity contribution in [3.8, 4) is 5.75 Å². The molecule has 134 valence electrons. The second-order valence-electron chi connectivity index (χ2n) is 6.24. The van der Waals surface area contributed by atoms with Gasteiger partial charge in [0.1, 0.15) is 17.5 Å². The summed E-state index contributed by atoms with van der Waals surface area (Å²) in [5.41, 5.74) is 1.38. The summed E-state index contributed by atoms with van der Waals surface area (Å²) in [5.74, 6) is -5.43. The number of hydrogen-bond acceptors (Lipinski definition) is 3. The zero-order valence-corrected chi connectivity index (χ0v) is 14.0. The molecule has 1 aliphatic heterocycles. The Balaban J connectivity index is 1.71. The van der Waals surface area contributed by atoms with E-state index in [0.717, 1.165) is 16.9 Å². The average molecular weight is 354 g/mol. The number of hydrogen-bond donors (Lipinski definition) is 0. The van der Waals surface area contributed by atoms with Crippen molar-refractivity contribution in [3.63, 3.8) is 0 Å². The molecule has 0 radical (unpaired) electrons. The fourth-order valence-corrected chi connectivity index (χ4v) is 2.96. The van der Waals surface area contributed by atoms with Crippen LogP contribution in [0.1, 0.15) is 24.0 Å². The highest BCUT2D eigenvalue weighted by Gasteiger charge is 2.29. The lowest BCUT2D eigenvalue weighted by Gasteiger charge is -2.34. The molecule has 0 amide bonds. The van der Waals surface area contributed by atoms with Crippen LogP contribution in [0, 0.1) is 37.4 Å². The first-order valence-corrected chi connectivity index (χ1v) is 8.05. The van der Waals surface area contributed by atoms with Crippen LogP contribution in [0.4, 0.5) is 23.2 Å². The molecule has 3 nitrogen and oxygen atoms in total. The van der Waals surface area contributed by atoms with Gasteiger partial charge in [0, 0.05) is 25.9 Å². The number of aromatic nitrogens is 1. The van der Waals surface area contributed by atoms with Crippen LogP contribution < -0.4 is 9.64 Å². The van der Waals surface area contributed by atoms with Gasteiger partial charge in [-0.05, 0) is 31.0 Å². The molecule has 1 aromatic heterocycles. The molecule has 1 aromatic carbocycles. The van der Waals surface area contributed by atoms with Gasteiger partial charge >= 0.3 is 0 Å². The summed E-state index contributed by atoms with van der Waals surface area (Å²) in [7, 11) is 0. The molecule has 0 spiro atoms. The molecule has 1 saturated heterocycles. The molecule has 0 N–H and O–H groups in total. The molecule has 2 aromatic rings. The van der Waals surface area contributed by atoms with Gasteiger partial charge in [-0.3, -0.25) is 0 Å². The van der Waals surface area contributed by atoms with Crippen LogP contribution in [0.25, 0.3) is 0 Å². The highest BCUT2D eigenvalue weighted by molar-refractivity contribution is 5.49. The van der Waals surface area contributed by atoms with Crippen LogP contribution in [0.3, 0.4) is 0 Å². The maximum Gasteiger partial charge on any atom is 0.253 e. The molecule has 0 bridgehead atoms. The predicted octanol–water partition coefficient (Wildman–Crippen LogP) is 4.30. The van der Waals surface area contributed by atoms with Gasteiger partial charge in [0.15, 0.2) is 0 Å². The quantitative estimate of drug-likeness (QED) is 0.607. The molecule has 0 unspecified atom stereocenters. The highest BCUT2D eigenvalue weighted by Crippen LogP contribution is 2.30. The van der Waals surface area contributed by atoms with Crippen molar-refractivity contribution in [1.29, 1.82) is 0 Å². The number of ether oxygens (including phenoxy) is 1. The first kappa shape index (κ1) is 17.5. The minimum atomic E-state index is -1.64. The van der Waals surface area contributed by atoms with E-state index in [1.165, 1.54) is 4.90 Å². The van der Waals surface area contributed by atoms with Crippen LogP contribution in [0.5, 0.6) is 5.75 Å². The lowest BCUT2D eigenvalue weighted by Crippen LogP contribution is -2.39. The van der Waals surface area contributed by atoms with Crippen molar-refractivity contribution in [1.82, 2.24) is 4.98 Å². The summed E-state index contributed by atoms with van der Waals surface area (Å²) in [6, 6.07) is 5.89. The standard InChI is InChI=1S/C18H18F4N2O/c1-10-3-4-11(2)13(9-10)25-12-5-7-24(8-6-12)16-14(19)17(21)23-18(22)15(16)20/h3-4,9,12H,5-8H2,1-2H3. The summed E-state index contributed by atoms with van der Waals surface area (Å²) in [4.78, 5) is 3.88. The van der Waals surface area contributed by atoms with Crippen molar-refractivity contribution in [2.75, 3.05) is 18.0 Å². The van der Waals surface area contributed by atoms with Crippen molar-refractivity contribution in [3.05, 3.63) is 52.9 Å². The molecular formula is C18H18F4N2O. The van der Waals surface area contributed by atoms with Crippen molar-refractivity contribution < 1.29 is 22.3 Å². The number of benzene rings is 1. The molecule has 0 aliphatic carbocycles. The predicted molar refractivity (Wildman–Crippen MR) is 85.8 cm³/mol. The Morgan fingerprint density at radius 3 is 2.20 bits per heavy atom. The Bertz CT molecular complexity index is 763. The summed E-state index contributed by atoms with van der Waals surface area (Å²) in [6.45, 7) is 4.36. The third-order valence-electron chi connectivity index (χ3n) is 4.37. The van der Waals surface area contributed by atoms with Crippen LogP contribution in [-0.4, -0.2) is 24.2 Å². The molecule has 7 heteroatoms. The summed E-state index contributed by atoms with van der Waals surface area (Å²) >= 11 is 0. The van der Waals surface area contributed by atoms with E-state index in [1.807, 2.05) is 32.0 Å². The van der Waals surface area contributed by atoms with E-state index in [4.69, 9.17) is 4.74 Å². The number of halogens is 4. The molecule has 0 saturated carbocycles. The zero-order valence-electron chi connectivity index (χ0n) is 14.0. The van der Waals surface area contributed by atoms with Crippen molar-refractivity contribution in [2.24, 2.45) is 0 Å². The number of aryl methyl sites for hydroxylation is 2. The number of pyridine rings is 1. The molecule has 0 atom stereocenters. The van der Waals surface area contributed by atoms with Crippen LogP contribution >= 0.6 is 0 Å².